The Morgan fingerprint density at radius 1 is 1.10 bits per heavy atom. The van der Waals surface area contributed by atoms with E-state index in [9.17, 15) is 0 Å². The van der Waals surface area contributed by atoms with Gasteiger partial charge in [0.25, 0.3) is 0 Å². The van der Waals surface area contributed by atoms with Crippen LogP contribution in [0.15, 0.2) is 29.8 Å². The predicted octanol–water partition coefficient (Wildman–Crippen LogP) is 4.27. The lowest BCUT2D eigenvalue weighted by atomic mass is 9.83. The van der Waals surface area contributed by atoms with E-state index in [4.69, 9.17) is 5.26 Å². The fourth-order valence-electron chi connectivity index (χ4n) is 3.20. The summed E-state index contributed by atoms with van der Waals surface area (Å²) in [5, 5.41) is 12.6. The largest absolute Gasteiger partial charge is 0.310 e. The summed E-state index contributed by atoms with van der Waals surface area (Å²) in [5.74, 6) is 0.751. The van der Waals surface area contributed by atoms with Crippen LogP contribution in [0.2, 0.25) is 0 Å². The molecule has 0 unspecified atom stereocenters. The molecule has 21 heavy (non-hydrogen) atoms. The molecule has 2 aliphatic carbocycles. The average Bonchev–Trinajstić information content (AvgIpc) is 3.37. The lowest BCUT2D eigenvalue weighted by Crippen LogP contribution is -2.24. The van der Waals surface area contributed by atoms with Gasteiger partial charge in [-0.1, -0.05) is 43.0 Å². The van der Waals surface area contributed by atoms with Crippen LogP contribution in [0, 0.1) is 17.2 Å². The predicted molar refractivity (Wildman–Crippen MR) is 86.7 cm³/mol. The first-order valence-corrected chi connectivity index (χ1v) is 8.29. The van der Waals surface area contributed by atoms with E-state index in [0.29, 0.717) is 0 Å². The normalized spacial score (nSPS) is 20.2. The maximum atomic E-state index is 8.89. The monoisotopic (exact) mass is 280 g/mol. The van der Waals surface area contributed by atoms with E-state index in [1.807, 2.05) is 12.1 Å². The van der Waals surface area contributed by atoms with Gasteiger partial charge in [0.2, 0.25) is 0 Å². The van der Waals surface area contributed by atoms with Crippen LogP contribution in [0.4, 0.5) is 0 Å². The van der Waals surface area contributed by atoms with Crippen molar-refractivity contribution in [1.82, 2.24) is 5.32 Å². The molecule has 0 bridgehead atoms. The highest BCUT2D eigenvalue weighted by molar-refractivity contribution is 5.55. The third-order valence-corrected chi connectivity index (χ3v) is 4.69. The smallest absolute Gasteiger partial charge is 0.0991 e. The van der Waals surface area contributed by atoms with Crippen molar-refractivity contribution in [3.63, 3.8) is 0 Å². The molecule has 2 saturated carbocycles. The molecule has 2 fully saturated rings. The summed E-state index contributed by atoms with van der Waals surface area (Å²) >= 11 is 0. The van der Waals surface area contributed by atoms with Crippen LogP contribution >= 0.6 is 0 Å². The van der Waals surface area contributed by atoms with Crippen LogP contribution in [0.5, 0.6) is 0 Å². The standard InChI is InChI=1S/C19H24N2/c20-13-16-8-6-15(7-9-16)12-18(14-21-19-10-11-19)17-4-2-1-3-5-17/h6-9,12,17,19,21H,1-5,10-11,14H2/b18-12-. The molecule has 0 aliphatic heterocycles. The van der Waals surface area contributed by atoms with E-state index in [0.717, 1.165) is 24.1 Å². The molecule has 0 saturated heterocycles. The van der Waals surface area contributed by atoms with Crippen molar-refractivity contribution in [2.45, 2.75) is 51.0 Å². The number of benzene rings is 1. The van der Waals surface area contributed by atoms with Crippen LogP contribution in [0.3, 0.4) is 0 Å². The van der Waals surface area contributed by atoms with E-state index in [1.165, 1.54) is 50.5 Å². The molecule has 1 N–H and O–H groups in total. The molecule has 0 atom stereocenters. The average molecular weight is 280 g/mol. The van der Waals surface area contributed by atoms with Gasteiger partial charge in [-0.3, -0.25) is 0 Å². The van der Waals surface area contributed by atoms with Crippen molar-refractivity contribution < 1.29 is 0 Å². The van der Waals surface area contributed by atoms with Gasteiger partial charge in [-0.25, -0.2) is 0 Å². The highest BCUT2D eigenvalue weighted by Crippen LogP contribution is 2.31. The molecule has 2 aliphatic rings. The lowest BCUT2D eigenvalue weighted by Gasteiger charge is -2.25. The Hall–Kier alpha value is -1.59. The summed E-state index contributed by atoms with van der Waals surface area (Å²) in [4.78, 5) is 0. The zero-order valence-electron chi connectivity index (χ0n) is 12.6. The number of hydrogen-bond donors (Lipinski definition) is 1. The summed E-state index contributed by atoms with van der Waals surface area (Å²) in [6.45, 7) is 1.04. The minimum Gasteiger partial charge on any atom is -0.310 e. The highest BCUT2D eigenvalue weighted by atomic mass is 14.9. The van der Waals surface area contributed by atoms with E-state index >= 15 is 0 Å². The molecule has 0 radical (unpaired) electrons. The lowest BCUT2D eigenvalue weighted by molar-refractivity contribution is 0.396. The summed E-state index contributed by atoms with van der Waals surface area (Å²) in [6.07, 6.45) is 11.9. The Morgan fingerprint density at radius 2 is 1.81 bits per heavy atom. The van der Waals surface area contributed by atoms with Gasteiger partial charge in [0, 0.05) is 12.6 Å². The molecule has 1 aromatic rings. The molecule has 0 heterocycles. The van der Waals surface area contributed by atoms with E-state index in [-0.39, 0.29) is 0 Å². The Morgan fingerprint density at radius 3 is 2.43 bits per heavy atom. The van der Waals surface area contributed by atoms with E-state index in [1.54, 1.807) is 5.57 Å². The van der Waals surface area contributed by atoms with Gasteiger partial charge in [0.05, 0.1) is 11.6 Å². The third-order valence-electron chi connectivity index (χ3n) is 4.69. The molecular formula is C19H24N2. The van der Waals surface area contributed by atoms with E-state index in [2.05, 4.69) is 29.6 Å². The minimum absolute atomic E-state index is 0.738. The van der Waals surface area contributed by atoms with Gasteiger partial charge < -0.3 is 5.32 Å². The SMILES string of the molecule is N#Cc1ccc(/C=C(/CNC2CC2)C2CCCCC2)cc1. The van der Waals surface area contributed by atoms with Crippen molar-refractivity contribution in [2.24, 2.45) is 5.92 Å². The van der Waals surface area contributed by atoms with Crippen LogP contribution in [0.25, 0.3) is 6.08 Å². The molecule has 110 valence electrons. The van der Waals surface area contributed by atoms with E-state index < -0.39 is 0 Å². The van der Waals surface area contributed by atoms with Crippen molar-refractivity contribution in [3.8, 4) is 6.07 Å². The topological polar surface area (TPSA) is 35.8 Å². The highest BCUT2D eigenvalue weighted by Gasteiger charge is 2.23. The minimum atomic E-state index is 0.738. The zero-order valence-corrected chi connectivity index (χ0v) is 12.6. The number of rotatable bonds is 5. The first-order valence-electron chi connectivity index (χ1n) is 8.29. The quantitative estimate of drug-likeness (QED) is 0.874. The number of nitriles is 1. The Labute approximate surface area is 127 Å². The van der Waals surface area contributed by atoms with Gasteiger partial charge in [0.15, 0.2) is 0 Å². The molecular weight excluding hydrogens is 256 g/mol. The molecule has 2 heteroatoms. The van der Waals surface area contributed by atoms with Gasteiger partial charge in [0.1, 0.15) is 0 Å². The van der Waals surface area contributed by atoms with Crippen molar-refractivity contribution in [1.29, 1.82) is 5.26 Å². The van der Waals surface area contributed by atoms with Crippen molar-refractivity contribution in [3.05, 3.63) is 41.0 Å². The number of hydrogen-bond acceptors (Lipinski definition) is 2. The first kappa shape index (κ1) is 14.4. The summed E-state index contributed by atoms with van der Waals surface area (Å²) in [6, 6.07) is 10.9. The van der Waals surface area contributed by atoms with Crippen LogP contribution < -0.4 is 5.32 Å². The summed E-state index contributed by atoms with van der Waals surface area (Å²) < 4.78 is 0. The van der Waals surface area contributed by atoms with Crippen LogP contribution in [-0.4, -0.2) is 12.6 Å². The molecule has 0 amide bonds. The molecule has 0 spiro atoms. The molecule has 2 nitrogen and oxygen atoms in total. The van der Waals surface area contributed by atoms with Gasteiger partial charge in [-0.2, -0.15) is 5.26 Å². The summed E-state index contributed by atoms with van der Waals surface area (Å²) in [7, 11) is 0. The fourth-order valence-corrected chi connectivity index (χ4v) is 3.20. The Balaban J connectivity index is 1.74. The maximum absolute atomic E-state index is 8.89. The molecule has 0 aromatic heterocycles. The number of nitrogens with zero attached hydrogens (tertiary/aromatic N) is 1. The maximum Gasteiger partial charge on any atom is 0.0991 e. The zero-order chi connectivity index (χ0) is 14.5. The van der Waals surface area contributed by atoms with Crippen molar-refractivity contribution in [2.75, 3.05) is 6.54 Å². The fraction of sp³-hybridized carbons (Fsp3) is 0.526. The molecule has 1 aromatic carbocycles. The second-order valence-electron chi connectivity index (χ2n) is 6.44. The summed E-state index contributed by atoms with van der Waals surface area (Å²) in [5.41, 5.74) is 3.53. The van der Waals surface area contributed by atoms with Gasteiger partial charge >= 0.3 is 0 Å². The van der Waals surface area contributed by atoms with Crippen LogP contribution in [0.1, 0.15) is 56.1 Å². The second-order valence-corrected chi connectivity index (χ2v) is 6.44. The molecule has 3 rings (SSSR count). The first-order chi connectivity index (χ1) is 10.3. The second kappa shape index (κ2) is 6.91. The van der Waals surface area contributed by atoms with Crippen LogP contribution in [-0.2, 0) is 0 Å². The van der Waals surface area contributed by atoms with Gasteiger partial charge in [-0.05, 0) is 49.3 Å². The third kappa shape index (κ3) is 4.19. The number of nitrogens with one attached hydrogen (secondary N) is 1. The van der Waals surface area contributed by atoms with Crippen molar-refractivity contribution >= 4 is 6.08 Å². The Bertz CT molecular complexity index is 526. The van der Waals surface area contributed by atoms with Gasteiger partial charge in [-0.15, -0.1) is 0 Å². The Kier molecular flexibility index (Phi) is 4.72.